The molecule has 0 aromatic heterocycles. The van der Waals surface area contributed by atoms with Crippen molar-refractivity contribution < 1.29 is 39.1 Å². The quantitative estimate of drug-likeness (QED) is 0.255. The van der Waals surface area contributed by atoms with Gasteiger partial charge in [0.2, 0.25) is 0 Å². The molecule has 3 rings (SSSR count). The smallest absolute Gasteiger partial charge is 0.339 e. The Morgan fingerprint density at radius 2 is 1.06 bits per heavy atom. The molecule has 0 bridgehead atoms. The minimum absolute atomic E-state index is 0.00222. The molecule has 0 radical (unpaired) electrons. The first-order valence-electron chi connectivity index (χ1n) is 10.4. The summed E-state index contributed by atoms with van der Waals surface area (Å²) in [4.78, 5) is 13.5. The van der Waals surface area contributed by atoms with Crippen molar-refractivity contribution in [2.45, 2.75) is 6.92 Å². The molecule has 0 heterocycles. The van der Waals surface area contributed by atoms with E-state index in [1.807, 2.05) is 0 Å². The van der Waals surface area contributed by atoms with E-state index in [1.54, 1.807) is 43.3 Å². The molecule has 0 atom stereocenters. The van der Waals surface area contributed by atoms with Crippen LogP contribution < -0.4 is 14.2 Å². The van der Waals surface area contributed by atoms with E-state index in [2.05, 4.69) is 0 Å². The van der Waals surface area contributed by atoms with Gasteiger partial charge in [0, 0.05) is 22.3 Å². The second kappa shape index (κ2) is 10.5. The summed E-state index contributed by atoms with van der Waals surface area (Å²) in [6.45, 7) is 1.74. The summed E-state index contributed by atoms with van der Waals surface area (Å²) in [5.74, 6) is -1.02. The normalized spacial score (nSPS) is 10.4. The van der Waals surface area contributed by atoms with Crippen LogP contribution in [0.2, 0.25) is 0 Å². The van der Waals surface area contributed by atoms with Gasteiger partial charge in [-0.05, 0) is 25.1 Å². The van der Waals surface area contributed by atoms with E-state index < -0.39 is 5.97 Å². The van der Waals surface area contributed by atoms with Crippen LogP contribution in [0.15, 0.2) is 54.6 Å². The van der Waals surface area contributed by atoms with Crippen LogP contribution in [-0.2, 0) is 9.53 Å². The minimum atomic E-state index is -0.725. The zero-order chi connectivity index (χ0) is 24.8. The highest BCUT2D eigenvalue weighted by atomic mass is 16.5. The number of esters is 1. The number of carbonyl (C=O) groups is 1. The Labute approximate surface area is 197 Å². The van der Waals surface area contributed by atoms with E-state index in [1.165, 1.54) is 39.5 Å². The molecule has 0 fully saturated rings. The molecular weight excluding hydrogens is 440 g/mol. The van der Waals surface area contributed by atoms with Crippen LogP contribution in [0, 0.1) is 0 Å². The van der Waals surface area contributed by atoms with Gasteiger partial charge in [0.25, 0.3) is 0 Å². The summed E-state index contributed by atoms with van der Waals surface area (Å²) in [5.41, 5.74) is 1.09. The van der Waals surface area contributed by atoms with Crippen molar-refractivity contribution >= 4 is 17.1 Å². The maximum atomic E-state index is 13.5. The largest absolute Gasteiger partial charge is 0.504 e. The number of carbonyl (C=O) groups excluding carboxylic acids is 1. The number of hydrogen-bond acceptors (Lipinski definition) is 8. The molecule has 0 aliphatic carbocycles. The zero-order valence-corrected chi connectivity index (χ0v) is 19.3. The summed E-state index contributed by atoms with van der Waals surface area (Å²) in [5, 5.41) is 31.4. The predicted octanol–water partition coefficient (Wildman–Crippen LogP) is 4.35. The molecule has 0 saturated carbocycles. The minimum Gasteiger partial charge on any atom is -0.504 e. The molecule has 34 heavy (non-hydrogen) atoms. The van der Waals surface area contributed by atoms with Gasteiger partial charge in [-0.25, -0.2) is 4.79 Å². The van der Waals surface area contributed by atoms with Gasteiger partial charge in [0.05, 0.1) is 33.5 Å². The Bertz CT molecular complexity index is 1170. The maximum Gasteiger partial charge on any atom is 0.339 e. The number of ether oxygens (including phenoxy) is 4. The molecule has 178 valence electrons. The van der Waals surface area contributed by atoms with E-state index in [0.29, 0.717) is 11.1 Å². The summed E-state index contributed by atoms with van der Waals surface area (Å²) < 4.78 is 21.7. The third-order valence-corrected chi connectivity index (χ3v) is 5.13. The van der Waals surface area contributed by atoms with Crippen molar-refractivity contribution in [3.05, 3.63) is 71.3 Å². The molecule has 8 nitrogen and oxygen atoms in total. The topological polar surface area (TPSA) is 115 Å². The third kappa shape index (κ3) is 4.43. The van der Waals surface area contributed by atoms with Crippen molar-refractivity contribution in [2.75, 3.05) is 27.9 Å². The molecule has 3 N–H and O–H groups in total. The Kier molecular flexibility index (Phi) is 7.53. The van der Waals surface area contributed by atoms with E-state index in [4.69, 9.17) is 18.9 Å². The van der Waals surface area contributed by atoms with Crippen molar-refractivity contribution in [1.82, 2.24) is 0 Å². The van der Waals surface area contributed by atoms with Crippen LogP contribution >= 0.6 is 0 Å². The maximum absolute atomic E-state index is 13.5. The van der Waals surface area contributed by atoms with Gasteiger partial charge in [-0.1, -0.05) is 36.4 Å². The average Bonchev–Trinajstić information content (AvgIpc) is 2.82. The molecule has 0 spiro atoms. The van der Waals surface area contributed by atoms with Crippen molar-refractivity contribution in [2.24, 2.45) is 0 Å². The Morgan fingerprint density at radius 1 is 0.676 bits per heavy atom. The second-order valence-corrected chi connectivity index (χ2v) is 7.04. The lowest BCUT2D eigenvalue weighted by atomic mass is 9.87. The monoisotopic (exact) mass is 466 g/mol. The molecule has 3 aromatic rings. The summed E-state index contributed by atoms with van der Waals surface area (Å²) in [6, 6.07) is 13.9. The first-order chi connectivity index (χ1) is 16.4. The molecule has 0 aliphatic heterocycles. The summed E-state index contributed by atoms with van der Waals surface area (Å²) in [6.07, 6.45) is 0. The van der Waals surface area contributed by atoms with Crippen LogP contribution in [-0.4, -0.2) is 49.2 Å². The first-order valence-corrected chi connectivity index (χ1v) is 10.4. The van der Waals surface area contributed by atoms with Crippen molar-refractivity contribution in [1.29, 1.82) is 0 Å². The highest BCUT2D eigenvalue weighted by molar-refractivity contribution is 6.28. The summed E-state index contributed by atoms with van der Waals surface area (Å²) >= 11 is 0. The summed E-state index contributed by atoms with van der Waals surface area (Å²) in [7, 11) is 4.13. The average molecular weight is 466 g/mol. The molecule has 8 heteroatoms. The first kappa shape index (κ1) is 24.3. The van der Waals surface area contributed by atoms with Crippen LogP contribution in [0.25, 0.3) is 11.1 Å². The lowest BCUT2D eigenvalue weighted by Gasteiger charge is -2.21. The van der Waals surface area contributed by atoms with Gasteiger partial charge in [0.15, 0.2) is 34.5 Å². The Balaban J connectivity index is 2.61. The van der Waals surface area contributed by atoms with Gasteiger partial charge >= 0.3 is 5.97 Å². The molecular formula is C26H26O8. The van der Waals surface area contributed by atoms with Crippen LogP contribution in [0.5, 0.6) is 34.5 Å². The van der Waals surface area contributed by atoms with E-state index in [-0.39, 0.29) is 57.8 Å². The number of phenols is 3. The van der Waals surface area contributed by atoms with Crippen LogP contribution in [0.3, 0.4) is 0 Å². The van der Waals surface area contributed by atoms with Gasteiger partial charge in [-0.15, -0.1) is 0 Å². The second-order valence-electron chi connectivity index (χ2n) is 7.04. The number of phenolic OH excluding ortho intramolecular Hbond substituents is 3. The Hall–Kier alpha value is -4.33. The number of aromatic hydroxyl groups is 3. The van der Waals surface area contributed by atoms with E-state index in [0.717, 1.165) is 0 Å². The number of para-hydroxylation sites is 3. The van der Waals surface area contributed by atoms with Gasteiger partial charge < -0.3 is 34.3 Å². The predicted molar refractivity (Wildman–Crippen MR) is 127 cm³/mol. The van der Waals surface area contributed by atoms with Gasteiger partial charge in [-0.2, -0.15) is 0 Å². The fourth-order valence-corrected chi connectivity index (χ4v) is 3.77. The van der Waals surface area contributed by atoms with Crippen molar-refractivity contribution in [3.63, 3.8) is 0 Å². The third-order valence-electron chi connectivity index (χ3n) is 5.13. The Morgan fingerprint density at radius 3 is 1.44 bits per heavy atom. The highest BCUT2D eigenvalue weighted by Gasteiger charge is 2.30. The fraction of sp³-hybridized carbons (Fsp3) is 0.192. The van der Waals surface area contributed by atoms with E-state index in [9.17, 15) is 20.1 Å². The van der Waals surface area contributed by atoms with Crippen LogP contribution in [0.4, 0.5) is 0 Å². The molecule has 3 aromatic carbocycles. The van der Waals surface area contributed by atoms with Crippen molar-refractivity contribution in [3.8, 4) is 34.5 Å². The molecule has 0 saturated heterocycles. The lowest BCUT2D eigenvalue weighted by molar-refractivity contribution is -0.136. The zero-order valence-electron chi connectivity index (χ0n) is 19.3. The number of rotatable bonds is 8. The number of benzene rings is 3. The standard InChI is InChI=1S/C26H26O8/c1-5-34-26(30)22(17-11-8-14-20(29)25(17)33-4)21(15-9-6-12-18(27)23(15)31-2)16-10-7-13-19(28)24(16)32-3/h6-14,27-29H,5H2,1-4H3. The highest BCUT2D eigenvalue weighted by Crippen LogP contribution is 2.48. The fourth-order valence-electron chi connectivity index (χ4n) is 3.77. The molecule has 0 unspecified atom stereocenters. The van der Waals surface area contributed by atoms with Gasteiger partial charge in [0.1, 0.15) is 0 Å². The van der Waals surface area contributed by atoms with Crippen LogP contribution in [0.1, 0.15) is 23.6 Å². The number of methoxy groups -OCH3 is 3. The number of hydrogen-bond donors (Lipinski definition) is 3. The molecule has 0 aliphatic rings. The lowest BCUT2D eigenvalue weighted by Crippen LogP contribution is -2.12. The van der Waals surface area contributed by atoms with E-state index >= 15 is 0 Å². The molecule has 0 amide bonds. The SMILES string of the molecule is CCOC(=O)C(=C(c1cccc(O)c1OC)c1cccc(O)c1OC)c1cccc(O)c1OC. The van der Waals surface area contributed by atoms with Gasteiger partial charge in [-0.3, -0.25) is 0 Å².